The van der Waals surface area contributed by atoms with E-state index in [2.05, 4.69) is 4.98 Å². The highest BCUT2D eigenvalue weighted by molar-refractivity contribution is 6.21. The highest BCUT2D eigenvalue weighted by atomic mass is 16.6. The number of carbonyl (C=O) groups is 2. The second-order valence-corrected chi connectivity index (χ2v) is 8.54. The summed E-state index contributed by atoms with van der Waals surface area (Å²) in [6.45, 7) is 2.60. The van der Waals surface area contributed by atoms with Crippen LogP contribution in [-0.2, 0) is 9.47 Å². The van der Waals surface area contributed by atoms with Gasteiger partial charge in [-0.05, 0) is 31.4 Å². The second kappa shape index (κ2) is 10.5. The van der Waals surface area contributed by atoms with Crippen molar-refractivity contribution in [3.63, 3.8) is 0 Å². The molecule has 1 aromatic carbocycles. The van der Waals surface area contributed by atoms with Gasteiger partial charge in [-0.3, -0.25) is 28.8 Å². The average Bonchev–Trinajstić information content (AvgIpc) is 3.27. The van der Waals surface area contributed by atoms with Crippen molar-refractivity contribution >= 4 is 11.8 Å². The third-order valence-corrected chi connectivity index (χ3v) is 6.31. The first-order valence-corrected chi connectivity index (χ1v) is 11.6. The van der Waals surface area contributed by atoms with Crippen LogP contribution in [0.2, 0.25) is 0 Å². The van der Waals surface area contributed by atoms with E-state index >= 15 is 0 Å². The number of aromatic amines is 1. The molecule has 1 unspecified atom stereocenters. The smallest absolute Gasteiger partial charge is 0.330 e. The van der Waals surface area contributed by atoms with Crippen LogP contribution in [0.4, 0.5) is 0 Å². The van der Waals surface area contributed by atoms with E-state index in [1.54, 1.807) is 24.3 Å². The molecule has 0 spiro atoms. The molecule has 1 saturated heterocycles. The van der Waals surface area contributed by atoms with Gasteiger partial charge in [0.05, 0.1) is 17.2 Å². The van der Waals surface area contributed by atoms with Gasteiger partial charge in [-0.2, -0.15) is 0 Å². The molecule has 10 heteroatoms. The fourth-order valence-electron chi connectivity index (χ4n) is 4.47. The van der Waals surface area contributed by atoms with Crippen LogP contribution in [-0.4, -0.2) is 62.8 Å². The topological polar surface area (TPSA) is 131 Å². The predicted octanol–water partition coefficient (Wildman–Crippen LogP) is 1.45. The zero-order valence-corrected chi connectivity index (χ0v) is 19.0. The number of unbranched alkanes of at least 4 members (excludes halogenated alkanes) is 3. The van der Waals surface area contributed by atoms with Crippen molar-refractivity contribution in [1.82, 2.24) is 14.5 Å². The number of H-pyrrole nitrogens is 1. The Bertz CT molecular complexity index is 1120. The molecule has 0 bridgehead atoms. The van der Waals surface area contributed by atoms with Gasteiger partial charge in [0.25, 0.3) is 17.4 Å². The summed E-state index contributed by atoms with van der Waals surface area (Å²) in [6, 6.07) is 8.07. The minimum atomic E-state index is -0.900. The van der Waals surface area contributed by atoms with Crippen molar-refractivity contribution < 1.29 is 24.2 Å². The minimum Gasteiger partial charge on any atom is -0.388 e. The highest BCUT2D eigenvalue weighted by Crippen LogP contribution is 2.32. The van der Waals surface area contributed by atoms with E-state index in [0.717, 1.165) is 12.8 Å². The van der Waals surface area contributed by atoms with Gasteiger partial charge in [0.2, 0.25) is 0 Å². The molecule has 1 aromatic heterocycles. The van der Waals surface area contributed by atoms with Crippen molar-refractivity contribution in [1.29, 1.82) is 0 Å². The fraction of sp³-hybridized carbons (Fsp3) is 0.500. The summed E-state index contributed by atoms with van der Waals surface area (Å²) in [5, 5.41) is 10.6. The summed E-state index contributed by atoms with van der Waals surface area (Å²) >= 11 is 0. The number of carbonyl (C=O) groups excluding carboxylic acids is 2. The van der Waals surface area contributed by atoms with Crippen LogP contribution in [0.25, 0.3) is 0 Å². The molecule has 1 fully saturated rings. The molecule has 4 rings (SSSR count). The number of nitrogens with zero attached hydrogens (tertiary/aromatic N) is 2. The Labute approximate surface area is 196 Å². The average molecular weight is 472 g/mol. The molecular weight excluding hydrogens is 442 g/mol. The lowest BCUT2D eigenvalue weighted by Gasteiger charge is -2.22. The second-order valence-electron chi connectivity index (χ2n) is 8.54. The quantitative estimate of drug-likeness (QED) is 0.396. The Morgan fingerprint density at radius 1 is 1.00 bits per heavy atom. The summed E-state index contributed by atoms with van der Waals surface area (Å²) in [7, 11) is 0. The van der Waals surface area contributed by atoms with E-state index in [-0.39, 0.29) is 11.8 Å². The van der Waals surface area contributed by atoms with E-state index in [1.165, 1.54) is 21.7 Å². The molecule has 2 aliphatic heterocycles. The van der Waals surface area contributed by atoms with Crippen molar-refractivity contribution in [2.24, 2.45) is 0 Å². The maximum atomic E-state index is 12.4. The van der Waals surface area contributed by atoms with Gasteiger partial charge in [0.15, 0.2) is 6.23 Å². The van der Waals surface area contributed by atoms with E-state index < -0.39 is 35.8 Å². The summed E-state index contributed by atoms with van der Waals surface area (Å²) in [5.41, 5.74) is -0.215. The van der Waals surface area contributed by atoms with E-state index in [4.69, 9.17) is 9.47 Å². The van der Waals surface area contributed by atoms with E-state index in [0.29, 0.717) is 43.5 Å². The summed E-state index contributed by atoms with van der Waals surface area (Å²) < 4.78 is 13.0. The molecule has 2 N–H and O–H groups in total. The van der Waals surface area contributed by atoms with Crippen LogP contribution >= 0.6 is 0 Å². The monoisotopic (exact) mass is 471 g/mol. The minimum absolute atomic E-state index is 0.242. The number of rotatable bonds is 10. The Kier molecular flexibility index (Phi) is 7.40. The fourth-order valence-corrected chi connectivity index (χ4v) is 4.47. The molecule has 3 heterocycles. The van der Waals surface area contributed by atoms with Gasteiger partial charge in [0.1, 0.15) is 12.2 Å². The van der Waals surface area contributed by atoms with Crippen LogP contribution in [0.5, 0.6) is 0 Å². The number of aliphatic hydroxyl groups excluding tert-OH is 1. The van der Waals surface area contributed by atoms with Crippen LogP contribution in [0.15, 0.2) is 46.1 Å². The SMILES string of the molecule is CC[C@H]1O[C@@H](n2ccc(=O)[nH]c2=O)C(OCCCCCCN2C(=O)c3ccccc3C2=O)[C@H]1O. The standard InChI is InChI=1S/C24H29N3O7/c1-2-17-19(29)20(23(34-17)27-13-11-18(28)25-24(27)32)33-14-8-4-3-7-12-26-21(30)15-9-5-6-10-16(15)22(26)31/h5-6,9-11,13,17,19-20,23,29H,2-4,7-8,12,14H2,1H3,(H,25,28,32)/t17-,19+,20?,23-/m1/s1. The molecule has 0 aliphatic carbocycles. The molecule has 4 atom stereocenters. The van der Waals surface area contributed by atoms with Gasteiger partial charge >= 0.3 is 5.69 Å². The molecule has 10 nitrogen and oxygen atoms in total. The first-order valence-electron chi connectivity index (χ1n) is 11.6. The molecule has 0 radical (unpaired) electrons. The number of amides is 2. The highest BCUT2D eigenvalue weighted by Gasteiger charge is 2.45. The molecular formula is C24H29N3O7. The van der Waals surface area contributed by atoms with Crippen LogP contribution in [0.1, 0.15) is 66.0 Å². The largest absolute Gasteiger partial charge is 0.388 e. The third kappa shape index (κ3) is 4.75. The number of fused-ring (bicyclic) bond motifs is 1. The number of benzene rings is 1. The lowest BCUT2D eigenvalue weighted by molar-refractivity contribution is -0.0714. The normalized spacial score (nSPS) is 24.1. The van der Waals surface area contributed by atoms with Gasteiger partial charge in [0, 0.05) is 25.4 Å². The lowest BCUT2D eigenvalue weighted by Crippen LogP contribution is -2.39. The first-order chi connectivity index (χ1) is 16.4. The maximum absolute atomic E-state index is 12.4. The van der Waals surface area contributed by atoms with E-state index in [9.17, 15) is 24.3 Å². The van der Waals surface area contributed by atoms with Crippen molar-refractivity contribution in [2.75, 3.05) is 13.2 Å². The Hall–Kier alpha value is -3.08. The van der Waals surface area contributed by atoms with Gasteiger partial charge in [-0.1, -0.05) is 31.9 Å². The van der Waals surface area contributed by atoms with Gasteiger partial charge in [-0.25, -0.2) is 4.79 Å². The third-order valence-electron chi connectivity index (χ3n) is 6.31. The van der Waals surface area contributed by atoms with Gasteiger partial charge in [-0.15, -0.1) is 0 Å². The molecule has 2 amide bonds. The van der Waals surface area contributed by atoms with Crippen LogP contribution in [0, 0.1) is 0 Å². The Morgan fingerprint density at radius 3 is 2.32 bits per heavy atom. The number of aliphatic hydroxyl groups is 1. The van der Waals surface area contributed by atoms with E-state index in [1.807, 2.05) is 6.92 Å². The van der Waals surface area contributed by atoms with Crippen molar-refractivity contribution in [3.05, 3.63) is 68.5 Å². The number of hydrogen-bond donors (Lipinski definition) is 2. The summed E-state index contributed by atoms with van der Waals surface area (Å²) in [4.78, 5) is 51.8. The number of ether oxygens (including phenoxy) is 2. The van der Waals surface area contributed by atoms with Gasteiger partial charge < -0.3 is 14.6 Å². The van der Waals surface area contributed by atoms with Crippen LogP contribution < -0.4 is 11.2 Å². The molecule has 2 aliphatic rings. The van der Waals surface area contributed by atoms with Crippen molar-refractivity contribution in [2.45, 2.75) is 63.6 Å². The van der Waals surface area contributed by atoms with Crippen molar-refractivity contribution in [3.8, 4) is 0 Å². The number of hydrogen-bond acceptors (Lipinski definition) is 7. The Morgan fingerprint density at radius 2 is 1.68 bits per heavy atom. The molecule has 34 heavy (non-hydrogen) atoms. The number of imide groups is 1. The van der Waals surface area contributed by atoms with Crippen LogP contribution in [0.3, 0.4) is 0 Å². The predicted molar refractivity (Wildman–Crippen MR) is 122 cm³/mol. The summed E-state index contributed by atoms with van der Waals surface area (Å²) in [5.74, 6) is -0.485. The zero-order valence-electron chi connectivity index (χ0n) is 19.0. The zero-order chi connectivity index (χ0) is 24.2. The lowest BCUT2D eigenvalue weighted by atomic mass is 10.1. The summed E-state index contributed by atoms with van der Waals surface area (Å²) in [6.07, 6.45) is 1.94. The molecule has 0 saturated carbocycles. The Balaban J connectivity index is 1.23. The number of nitrogens with one attached hydrogen (secondary N) is 1. The maximum Gasteiger partial charge on any atom is 0.330 e. The number of aromatic nitrogens is 2. The first kappa shape index (κ1) is 24.1. The molecule has 182 valence electrons. The molecule has 2 aromatic rings.